The van der Waals surface area contributed by atoms with Crippen molar-refractivity contribution >= 4 is 44.7 Å². The number of rotatable bonds is 9. The predicted octanol–water partition coefficient (Wildman–Crippen LogP) is 6.31. The van der Waals surface area contributed by atoms with Crippen LogP contribution in [-0.4, -0.2) is 43.8 Å². The molecule has 7 nitrogen and oxygen atoms in total. The number of carbonyl (C=O) groups excluding carboxylic acids is 2. The van der Waals surface area contributed by atoms with Crippen LogP contribution >= 0.6 is 22.9 Å². The highest BCUT2D eigenvalue weighted by Gasteiger charge is 2.59. The molecule has 0 radical (unpaired) electrons. The summed E-state index contributed by atoms with van der Waals surface area (Å²) in [5, 5.41) is 5.36. The Labute approximate surface area is 261 Å². The van der Waals surface area contributed by atoms with Crippen LogP contribution in [0.25, 0.3) is 0 Å². The van der Waals surface area contributed by atoms with Crippen molar-refractivity contribution < 1.29 is 22.7 Å². The third-order valence-electron chi connectivity index (χ3n) is 8.02. The van der Waals surface area contributed by atoms with Gasteiger partial charge in [-0.2, -0.15) is 4.31 Å². The molecule has 0 saturated carbocycles. The summed E-state index contributed by atoms with van der Waals surface area (Å²) >= 11 is 7.65. The van der Waals surface area contributed by atoms with E-state index in [0.717, 1.165) is 27.8 Å². The highest BCUT2D eigenvalue weighted by molar-refractivity contribution is 7.88. The average Bonchev–Trinajstić information content (AvgIpc) is 3.57. The number of halogens is 1. The van der Waals surface area contributed by atoms with E-state index in [0.29, 0.717) is 21.9 Å². The number of nitrogens with one attached hydrogen (secondary N) is 1. The SMILES string of the molecule is COc1ccc(CNC(=O)C2C(c3sccc3C)C(C(=O)c3ccccc3C)C(c3ccc(Cl)cc3)N2S(C)(=O)=O)cc1. The monoisotopic (exact) mass is 636 g/mol. The van der Waals surface area contributed by atoms with Crippen molar-refractivity contribution in [1.29, 1.82) is 0 Å². The minimum absolute atomic E-state index is 0.176. The molecule has 1 fully saturated rings. The predicted molar refractivity (Wildman–Crippen MR) is 170 cm³/mol. The van der Waals surface area contributed by atoms with Crippen LogP contribution in [0.15, 0.2) is 84.2 Å². The van der Waals surface area contributed by atoms with Gasteiger partial charge < -0.3 is 10.1 Å². The molecule has 0 bridgehead atoms. The maximum Gasteiger partial charge on any atom is 0.239 e. The number of carbonyl (C=O) groups is 2. The van der Waals surface area contributed by atoms with Crippen molar-refractivity contribution in [3.05, 3.63) is 122 Å². The highest BCUT2D eigenvalue weighted by atomic mass is 35.5. The number of hydrogen-bond acceptors (Lipinski definition) is 6. The van der Waals surface area contributed by atoms with Crippen molar-refractivity contribution in [2.75, 3.05) is 13.4 Å². The third-order valence-corrected chi connectivity index (χ3v) is 10.6. The fourth-order valence-electron chi connectivity index (χ4n) is 5.99. The normalized spacial score (nSPS) is 20.6. The van der Waals surface area contributed by atoms with E-state index in [1.807, 2.05) is 49.6 Å². The van der Waals surface area contributed by atoms with Crippen molar-refractivity contribution in [1.82, 2.24) is 9.62 Å². The number of thiophene rings is 1. The van der Waals surface area contributed by atoms with E-state index in [2.05, 4.69) is 5.32 Å². The van der Waals surface area contributed by atoms with Crippen LogP contribution < -0.4 is 10.1 Å². The minimum Gasteiger partial charge on any atom is -0.497 e. The zero-order chi connectivity index (χ0) is 30.9. The van der Waals surface area contributed by atoms with Gasteiger partial charge in [0.1, 0.15) is 11.8 Å². The quantitative estimate of drug-likeness (QED) is 0.217. The van der Waals surface area contributed by atoms with E-state index in [4.69, 9.17) is 16.3 Å². The Hall–Kier alpha value is -3.50. The summed E-state index contributed by atoms with van der Waals surface area (Å²) < 4.78 is 33.9. The molecule has 2 heterocycles. The number of aryl methyl sites for hydroxylation is 2. The number of nitrogens with zero attached hydrogens (tertiary/aromatic N) is 1. The number of sulfonamides is 1. The summed E-state index contributed by atoms with van der Waals surface area (Å²) in [5.74, 6) is -1.62. The molecule has 5 rings (SSSR count). The van der Waals surface area contributed by atoms with E-state index in [-0.39, 0.29) is 12.3 Å². The van der Waals surface area contributed by atoms with Gasteiger partial charge in [-0.3, -0.25) is 9.59 Å². The van der Waals surface area contributed by atoms with Gasteiger partial charge in [0.2, 0.25) is 15.9 Å². The standard InChI is InChI=1S/C33H33ClN2O5S2/c1-20-7-5-6-8-26(20)31(37)27-28(32-21(2)17-18-42-32)30(33(38)35-19-22-9-15-25(41-3)16-10-22)36(43(4,39)40)29(27)23-11-13-24(34)14-12-23/h5-18,27-30H,19H2,1-4H3,(H,35,38). The number of ketones is 1. The number of Topliss-reactive ketones (excluding diaryl/α,β-unsaturated/α-hetero) is 1. The Morgan fingerprint density at radius 2 is 1.63 bits per heavy atom. The molecule has 0 aliphatic carbocycles. The number of methoxy groups -OCH3 is 1. The lowest BCUT2D eigenvalue weighted by Gasteiger charge is -2.29. The fraction of sp³-hybridized carbons (Fsp3) is 0.273. The topological polar surface area (TPSA) is 92.8 Å². The maximum atomic E-state index is 14.6. The van der Waals surface area contributed by atoms with Gasteiger partial charge in [-0.25, -0.2) is 8.42 Å². The fourth-order valence-corrected chi connectivity index (χ4v) is 8.53. The van der Waals surface area contributed by atoms with Gasteiger partial charge in [0.05, 0.1) is 25.3 Å². The van der Waals surface area contributed by atoms with Crippen LogP contribution in [0, 0.1) is 19.8 Å². The van der Waals surface area contributed by atoms with Crippen molar-refractivity contribution in [2.24, 2.45) is 5.92 Å². The minimum atomic E-state index is -4.02. The second-order valence-corrected chi connectivity index (χ2v) is 14.1. The third kappa shape index (κ3) is 6.26. The molecule has 4 unspecified atom stereocenters. The van der Waals surface area contributed by atoms with E-state index in [1.54, 1.807) is 55.6 Å². The van der Waals surface area contributed by atoms with Crippen molar-refractivity contribution in [3.8, 4) is 5.75 Å². The summed E-state index contributed by atoms with van der Waals surface area (Å²) in [6.07, 6.45) is 1.10. The molecule has 1 saturated heterocycles. The molecule has 1 aliphatic heterocycles. The van der Waals surface area contributed by atoms with Crippen LogP contribution in [0.3, 0.4) is 0 Å². The summed E-state index contributed by atoms with van der Waals surface area (Å²) in [6, 6.07) is 21.2. The van der Waals surface area contributed by atoms with Crippen LogP contribution in [0.2, 0.25) is 5.02 Å². The Balaban J connectivity index is 1.68. The Morgan fingerprint density at radius 3 is 2.21 bits per heavy atom. The average molecular weight is 637 g/mol. The van der Waals surface area contributed by atoms with Gasteiger partial charge >= 0.3 is 0 Å². The van der Waals surface area contributed by atoms with Gasteiger partial charge in [-0.15, -0.1) is 11.3 Å². The van der Waals surface area contributed by atoms with Gasteiger partial charge in [0.25, 0.3) is 0 Å². The molecular formula is C33H33ClN2O5S2. The van der Waals surface area contributed by atoms with Crippen LogP contribution in [-0.2, 0) is 21.4 Å². The molecule has 1 aromatic heterocycles. The second kappa shape index (κ2) is 12.6. The van der Waals surface area contributed by atoms with Gasteiger partial charge in [0, 0.05) is 27.9 Å². The molecular weight excluding hydrogens is 604 g/mol. The largest absolute Gasteiger partial charge is 0.497 e. The lowest BCUT2D eigenvalue weighted by Crippen LogP contribution is -2.48. The zero-order valence-electron chi connectivity index (χ0n) is 24.3. The lowest BCUT2D eigenvalue weighted by atomic mass is 9.77. The molecule has 1 N–H and O–H groups in total. The molecule has 224 valence electrons. The van der Waals surface area contributed by atoms with E-state index < -0.39 is 39.8 Å². The summed E-state index contributed by atoms with van der Waals surface area (Å²) in [5.41, 5.74) is 3.59. The Bertz CT molecular complexity index is 1740. The lowest BCUT2D eigenvalue weighted by molar-refractivity contribution is -0.125. The molecule has 10 heteroatoms. The first-order valence-electron chi connectivity index (χ1n) is 13.8. The molecule has 4 atom stereocenters. The first kappa shape index (κ1) is 30.9. The van der Waals surface area contributed by atoms with Crippen LogP contribution in [0.1, 0.15) is 49.4 Å². The molecule has 3 aromatic carbocycles. The van der Waals surface area contributed by atoms with E-state index in [1.165, 1.54) is 15.6 Å². The smallest absolute Gasteiger partial charge is 0.239 e. The molecule has 43 heavy (non-hydrogen) atoms. The molecule has 0 spiro atoms. The summed E-state index contributed by atoms with van der Waals surface area (Å²) in [4.78, 5) is 29.7. The first-order chi connectivity index (χ1) is 20.5. The van der Waals surface area contributed by atoms with Gasteiger partial charge in [-0.1, -0.05) is 60.1 Å². The zero-order valence-corrected chi connectivity index (χ0v) is 26.7. The number of benzene rings is 3. The Morgan fingerprint density at radius 1 is 0.953 bits per heavy atom. The summed E-state index contributed by atoms with van der Waals surface area (Å²) in [6.45, 7) is 3.96. The number of amides is 1. The van der Waals surface area contributed by atoms with E-state index in [9.17, 15) is 18.0 Å². The number of ether oxygens (including phenoxy) is 1. The molecule has 1 aliphatic rings. The van der Waals surface area contributed by atoms with Gasteiger partial charge in [-0.05, 0) is 71.8 Å². The summed E-state index contributed by atoms with van der Waals surface area (Å²) in [7, 11) is -2.44. The molecule has 4 aromatic rings. The van der Waals surface area contributed by atoms with E-state index >= 15 is 0 Å². The van der Waals surface area contributed by atoms with Crippen molar-refractivity contribution in [3.63, 3.8) is 0 Å². The highest BCUT2D eigenvalue weighted by Crippen LogP contribution is 2.54. The van der Waals surface area contributed by atoms with Gasteiger partial charge in [0.15, 0.2) is 5.78 Å². The van der Waals surface area contributed by atoms with Crippen LogP contribution in [0.5, 0.6) is 5.75 Å². The van der Waals surface area contributed by atoms with Crippen molar-refractivity contribution in [2.45, 2.75) is 38.4 Å². The second-order valence-electron chi connectivity index (χ2n) is 10.8. The maximum absolute atomic E-state index is 14.6. The molecule has 1 amide bonds. The van der Waals surface area contributed by atoms with Crippen LogP contribution in [0.4, 0.5) is 0 Å². The number of hydrogen-bond donors (Lipinski definition) is 1. The Kier molecular flexibility index (Phi) is 9.08. The first-order valence-corrected chi connectivity index (χ1v) is 16.9.